The number of hydrogen-bond donors (Lipinski definition) is 29. The summed E-state index contributed by atoms with van der Waals surface area (Å²) in [5.74, 6) is -11.7. The fourth-order valence-corrected chi connectivity index (χ4v) is 19.4. The Morgan fingerprint density at radius 2 is 0.486 bits per heavy atom. The van der Waals surface area contributed by atoms with Gasteiger partial charge in [0.15, 0.2) is 86.8 Å². The Morgan fingerprint density at radius 1 is 0.264 bits per heavy atom. The topological polar surface area (TPSA) is 1240 Å². The first-order valence-corrected chi connectivity index (χ1v) is 52.7. The SMILES string of the molecule is O=C(O)C1=C[C@H](O)[C@@H](OS(=O)(=O)O)[C@H](O[C@H]2[C@H](O)[C@@H](NS(=O)(=O)O)[C@@H](O[C@H]3[C@H](O)[C@@H](OS(=O)(=O)O)[C@H](O[C@H]4[C@H](O)[C@@H](NS(=O)(=O)O)[C@@H](O[C@H]5[C@H](O)[C@@H](OS(=O)(=O)O)[C@H](O[C@H]6[C@H](O)[C@@H](NS(=O)(=O)O)[C@H](O[C@@H]7[C@H](O)[C@@H](OS(=O)(=O)O)[C@@H](O[C@H]8[C@H](O)[C@@H](NS(=O)(=O)O)[C@@H](O)O[C@@H]8COS(=O)(=O)O)O[C@H]7C(=O)O)O[C@@H]6COS(=O)(=O)O)O[C@H]5C(=O)O)O[C@@H]4COS(=O)(=O)O)O[C@H]3C(=O)O)O[C@@H]2COS(=O)(=O)O)O1. The maximum absolute atomic E-state index is 13.5. The van der Waals surface area contributed by atoms with Crippen molar-refractivity contribution in [3.05, 3.63) is 11.8 Å². The number of nitrogens with one attached hydrogen (secondary N) is 4. The van der Waals surface area contributed by atoms with Crippen LogP contribution in [0.1, 0.15) is 0 Å². The summed E-state index contributed by atoms with van der Waals surface area (Å²) < 4.78 is 531. The van der Waals surface area contributed by atoms with Crippen LogP contribution in [0.4, 0.5) is 0 Å². The van der Waals surface area contributed by atoms with E-state index in [-0.39, 0.29) is 6.08 Å². The van der Waals surface area contributed by atoms with E-state index >= 15 is 0 Å². The summed E-state index contributed by atoms with van der Waals surface area (Å²) in [5.41, 5.74) is 0. The summed E-state index contributed by atoms with van der Waals surface area (Å²) in [4.78, 5) is 51.9. The monoisotopic (exact) mass is 2310 g/mol. The van der Waals surface area contributed by atoms with Gasteiger partial charge < -0.3 is 137 Å². The van der Waals surface area contributed by atoms with Crippen LogP contribution in [0.2, 0.25) is 0 Å². The first-order valence-electron chi connectivity index (χ1n) is 36.0. The van der Waals surface area contributed by atoms with Gasteiger partial charge in [-0.05, 0) is 6.08 Å². The van der Waals surface area contributed by atoms with Gasteiger partial charge in [0, 0.05) is 0 Å². The fraction of sp³-hybridized carbons (Fsp3) is 0.875. The molecule has 0 aliphatic carbocycles. The van der Waals surface area contributed by atoms with Gasteiger partial charge in [-0.2, -0.15) is 120 Å². The van der Waals surface area contributed by atoms with E-state index in [2.05, 4.69) is 33.5 Å². The van der Waals surface area contributed by atoms with E-state index in [4.69, 9.17) is 71.1 Å². The Balaban J connectivity index is 1.15. The average molecular weight is 2310 g/mol. The standard InChI is InChI=1S/C48H76N4O76S12/c53-6-1-7(37(61)62)111-45(23(6)125-137(94,95)96)115-25-9(3-107-134(85,86)87)112-42(13(17(25)55)50-130(73,74)75)119-29-21(59)32(127-139(100,101)102)47(123-35(29)39(65)66)117-27-11(5-109-136(91,92)93)114-44(15(19(27)57)52-132(79,80)81)121-30-22(60)33(128-140(103,104)105)48(124-36(30)40(67)68)118-26-10(4-108-135(88,89)90)113-43(14(18(26)56)51-131(76,77)78)120-28-20(58)31(126-138(97,98)99)46(122-34(28)38(63)64)116-24-8(2-106-133(82,83)84)110-41(69)12(16(24)54)49-129(70,71)72/h1,6,8-36,41-60,69H,2-5H2,(H,61,62)(H,63,64)(H,65,66)(H,67,68)(H,70,71,72)(H,73,74,75)(H,76,77,78)(H,79,80,81)(H,82,83,84)(H,85,86,87)(H,88,89,90)(H,91,92,93)(H,94,95,96)(H,97,98,99)(H,100,101,102)(H,103,104,105)/t6-,8+,9+,10+,11+,12+,13+,14+,15+,16+,17+,18+,19+,20-,21-,22-,23+,24+,25+,26+,27+,28+,29-,30-,31+,32+,33+,34+,35+,36+,41-,42+,43-,44+,45-,46-,47+,48+/m0/s1. The number of aliphatic hydroxyl groups is 9. The molecule has 8 heterocycles. The molecule has 8 aliphatic rings. The van der Waals surface area contributed by atoms with Crippen molar-refractivity contribution in [3.8, 4) is 0 Å². The lowest BCUT2D eigenvalue weighted by Crippen LogP contribution is -2.71. The summed E-state index contributed by atoms with van der Waals surface area (Å²) >= 11 is 0. The van der Waals surface area contributed by atoms with Crippen molar-refractivity contribution in [1.82, 2.24) is 18.9 Å². The highest BCUT2D eigenvalue weighted by molar-refractivity contribution is 7.85. The van der Waals surface area contributed by atoms with E-state index in [0.29, 0.717) is 0 Å². The summed E-state index contributed by atoms with van der Waals surface area (Å²) in [5, 5.41) is 146. The van der Waals surface area contributed by atoms with Crippen LogP contribution in [0.3, 0.4) is 0 Å². The van der Waals surface area contributed by atoms with Gasteiger partial charge in [-0.25, -0.2) is 52.6 Å². The Morgan fingerprint density at radius 3 is 0.714 bits per heavy atom. The highest BCUT2D eigenvalue weighted by Crippen LogP contribution is 2.42. The molecule has 0 saturated carbocycles. The van der Waals surface area contributed by atoms with E-state index in [1.54, 1.807) is 0 Å². The number of carboxylic acid groups (broad SMARTS) is 4. The van der Waals surface area contributed by atoms with Gasteiger partial charge in [-0.15, -0.1) is 0 Å². The van der Waals surface area contributed by atoms with Crippen LogP contribution in [0.15, 0.2) is 11.8 Å². The predicted octanol–water partition coefficient (Wildman–Crippen LogP) is -20.7. The molecule has 92 heteroatoms. The minimum absolute atomic E-state index is 0.159. The summed E-state index contributed by atoms with van der Waals surface area (Å²) in [6, 6.07) is -12.4. The molecule has 0 aromatic carbocycles. The summed E-state index contributed by atoms with van der Waals surface area (Å²) in [6.45, 7) is -7.95. The van der Waals surface area contributed by atoms with Crippen LogP contribution >= 0.6 is 0 Å². The number of aliphatic carboxylic acids is 4. The van der Waals surface area contributed by atoms with Crippen molar-refractivity contribution < 1.29 is 346 Å². The van der Waals surface area contributed by atoms with Crippen LogP contribution in [0.25, 0.3) is 0 Å². The van der Waals surface area contributed by atoms with Crippen molar-refractivity contribution >= 4 is 148 Å². The molecular formula is C48H76N4O76S12. The minimum atomic E-state index is -6.52. The number of rotatable bonds is 46. The predicted molar refractivity (Wildman–Crippen MR) is 398 cm³/mol. The smallest absolute Gasteiger partial charge is 0.397 e. The molecule has 140 heavy (non-hydrogen) atoms. The van der Waals surface area contributed by atoms with Gasteiger partial charge in [0.25, 0.3) is 0 Å². The lowest BCUT2D eigenvalue weighted by Gasteiger charge is -2.50. The largest absolute Gasteiger partial charge is 0.479 e. The molecule has 80 nitrogen and oxygen atoms in total. The molecule has 8 aliphatic heterocycles. The van der Waals surface area contributed by atoms with Crippen LogP contribution in [-0.2, 0) is 248 Å². The third-order valence-corrected chi connectivity index (χ3v) is 24.9. The van der Waals surface area contributed by atoms with Crippen molar-refractivity contribution in [3.63, 3.8) is 0 Å². The van der Waals surface area contributed by atoms with Crippen LogP contribution in [-0.4, -0.2) is 506 Å². The van der Waals surface area contributed by atoms with Crippen molar-refractivity contribution in [2.75, 3.05) is 26.4 Å². The van der Waals surface area contributed by atoms with E-state index in [9.17, 15) is 241 Å². The second-order valence-electron chi connectivity index (χ2n) is 28.7. The fourth-order valence-electron chi connectivity index (χ4n) is 13.8. The second kappa shape index (κ2) is 45.6. The molecule has 7 fully saturated rings. The molecule has 0 bridgehead atoms. The molecule has 0 aromatic rings. The van der Waals surface area contributed by atoms with Gasteiger partial charge in [0.1, 0.15) is 140 Å². The molecule has 0 radical (unpaired) electrons. The zero-order valence-electron chi connectivity index (χ0n) is 66.7. The molecule has 7 saturated heterocycles. The van der Waals surface area contributed by atoms with E-state index in [1.165, 1.54) is 0 Å². The highest BCUT2D eigenvalue weighted by Gasteiger charge is 2.65. The molecular weight excluding hydrogens is 2230 g/mol. The third-order valence-electron chi connectivity index (χ3n) is 19.0. The summed E-state index contributed by atoms with van der Waals surface area (Å²) in [6.07, 6.45) is -109. The van der Waals surface area contributed by atoms with Gasteiger partial charge >= 0.3 is 148 Å². The van der Waals surface area contributed by atoms with Crippen molar-refractivity contribution in [2.24, 2.45) is 0 Å². The van der Waals surface area contributed by atoms with Crippen molar-refractivity contribution in [2.45, 2.75) is 233 Å². The van der Waals surface area contributed by atoms with Crippen LogP contribution in [0, 0.1) is 0 Å². The van der Waals surface area contributed by atoms with Crippen molar-refractivity contribution in [1.29, 1.82) is 0 Å². The van der Waals surface area contributed by atoms with Crippen LogP contribution < -0.4 is 18.9 Å². The molecule has 38 atom stereocenters. The van der Waals surface area contributed by atoms with Gasteiger partial charge in [-0.1, -0.05) is 0 Å². The maximum atomic E-state index is 13.5. The lowest BCUT2D eigenvalue weighted by atomic mass is 9.94. The Hall–Kier alpha value is -5.06. The normalized spacial score (nSPS) is 38.5. The van der Waals surface area contributed by atoms with Gasteiger partial charge in [0.2, 0.25) is 12.0 Å². The number of aliphatic hydroxyl groups excluding tert-OH is 9. The average Bonchev–Trinajstić information content (AvgIpc) is 0.749. The zero-order valence-corrected chi connectivity index (χ0v) is 76.5. The number of hydrogen-bond acceptors (Lipinski definition) is 60. The first-order chi connectivity index (χ1) is 63.4. The second-order valence-corrected chi connectivity index (χ2v) is 42.0. The Bertz CT molecular complexity index is 5920. The van der Waals surface area contributed by atoms with E-state index in [0.717, 1.165) is 18.9 Å². The number of carboxylic acids is 4. The molecule has 0 unspecified atom stereocenters. The maximum Gasteiger partial charge on any atom is 0.397 e. The van der Waals surface area contributed by atoms with E-state index < -0.39 is 414 Å². The number of carbonyl (C=O) groups is 4. The van der Waals surface area contributed by atoms with Gasteiger partial charge in [0.05, 0.1) is 26.4 Å². The molecule has 0 aromatic heterocycles. The van der Waals surface area contributed by atoms with Gasteiger partial charge in [-0.3, -0.25) is 54.6 Å². The minimum Gasteiger partial charge on any atom is -0.479 e. The molecule has 816 valence electrons. The molecule has 0 amide bonds. The van der Waals surface area contributed by atoms with E-state index in [1.807, 2.05) is 0 Å². The lowest BCUT2D eigenvalue weighted by molar-refractivity contribution is -0.378. The molecule has 8 rings (SSSR count). The zero-order chi connectivity index (χ0) is 106. The first kappa shape index (κ1) is 120. The Kier molecular flexibility index (Phi) is 39.1. The summed E-state index contributed by atoms with van der Waals surface area (Å²) in [7, 11) is -73.1. The highest BCUT2D eigenvalue weighted by atomic mass is 32.3. The Labute approximate surface area is 780 Å². The molecule has 0 spiro atoms. The molecule has 29 N–H and O–H groups in total. The third kappa shape index (κ3) is 34.5. The van der Waals surface area contributed by atoms with Crippen LogP contribution in [0.5, 0.6) is 0 Å². The number of ether oxygens (including phenoxy) is 15. The quantitative estimate of drug-likeness (QED) is 0.0252.